The van der Waals surface area contributed by atoms with Crippen LogP contribution in [0.2, 0.25) is 0 Å². The zero-order chi connectivity index (χ0) is 19.6. The average molecular weight is 389 g/mol. The number of carbonyl (C=O) groups is 1. The summed E-state index contributed by atoms with van der Waals surface area (Å²) in [7, 11) is -3.48. The zero-order valence-corrected chi connectivity index (χ0v) is 15.3. The van der Waals surface area contributed by atoms with Crippen molar-refractivity contribution in [3.8, 4) is 5.69 Å². The van der Waals surface area contributed by atoms with Gasteiger partial charge in [-0.3, -0.25) is 9.52 Å². The lowest BCUT2D eigenvalue weighted by Crippen LogP contribution is -2.15. The number of aromatic nitrogens is 3. The molecule has 3 rings (SSSR count). The molecule has 27 heavy (non-hydrogen) atoms. The van der Waals surface area contributed by atoms with Crippen LogP contribution in [0.25, 0.3) is 5.69 Å². The van der Waals surface area contributed by atoms with Gasteiger partial charge in [0.2, 0.25) is 10.0 Å². The fourth-order valence-electron chi connectivity index (χ4n) is 2.38. The van der Waals surface area contributed by atoms with E-state index in [0.717, 1.165) is 6.26 Å². The molecule has 0 atom stereocenters. The van der Waals surface area contributed by atoms with Crippen molar-refractivity contribution in [2.45, 2.75) is 6.92 Å². The maximum atomic E-state index is 14.3. The van der Waals surface area contributed by atoms with Gasteiger partial charge in [-0.25, -0.2) is 22.5 Å². The fourth-order valence-corrected chi connectivity index (χ4v) is 3.00. The van der Waals surface area contributed by atoms with Gasteiger partial charge in [-0.1, -0.05) is 6.07 Å². The fraction of sp³-hybridized carbons (Fsp3) is 0.118. The van der Waals surface area contributed by atoms with E-state index in [1.807, 2.05) is 0 Å². The van der Waals surface area contributed by atoms with E-state index in [9.17, 15) is 17.6 Å². The van der Waals surface area contributed by atoms with Gasteiger partial charge in [0, 0.05) is 11.3 Å². The van der Waals surface area contributed by atoms with Crippen molar-refractivity contribution in [2.75, 3.05) is 16.3 Å². The summed E-state index contributed by atoms with van der Waals surface area (Å²) in [5.41, 5.74) is 1.64. The number of hydrogen-bond donors (Lipinski definition) is 2. The monoisotopic (exact) mass is 389 g/mol. The normalized spacial score (nSPS) is 11.2. The molecule has 1 aromatic heterocycles. The van der Waals surface area contributed by atoms with Gasteiger partial charge in [-0.05, 0) is 42.8 Å². The molecule has 0 saturated heterocycles. The first-order chi connectivity index (χ1) is 12.7. The zero-order valence-electron chi connectivity index (χ0n) is 14.5. The van der Waals surface area contributed by atoms with Crippen molar-refractivity contribution < 1.29 is 17.6 Å². The van der Waals surface area contributed by atoms with Crippen LogP contribution in [0.5, 0.6) is 0 Å². The molecule has 0 fully saturated rings. The largest absolute Gasteiger partial charge is 0.322 e. The third-order valence-corrected chi connectivity index (χ3v) is 4.26. The molecule has 1 heterocycles. The molecule has 0 aliphatic heterocycles. The van der Waals surface area contributed by atoms with Gasteiger partial charge in [0.15, 0.2) is 5.82 Å². The van der Waals surface area contributed by atoms with Crippen molar-refractivity contribution in [1.29, 1.82) is 0 Å². The van der Waals surface area contributed by atoms with Crippen LogP contribution < -0.4 is 10.0 Å². The van der Waals surface area contributed by atoms with E-state index < -0.39 is 21.7 Å². The van der Waals surface area contributed by atoms with Crippen molar-refractivity contribution in [3.63, 3.8) is 0 Å². The molecule has 0 saturated carbocycles. The van der Waals surface area contributed by atoms with Gasteiger partial charge in [0.1, 0.15) is 18.3 Å². The maximum absolute atomic E-state index is 14.3. The molecule has 140 valence electrons. The Morgan fingerprint density at radius 2 is 1.96 bits per heavy atom. The van der Waals surface area contributed by atoms with Crippen molar-refractivity contribution in [1.82, 2.24) is 14.8 Å². The van der Waals surface area contributed by atoms with Crippen LogP contribution in [0, 0.1) is 12.7 Å². The lowest BCUT2D eigenvalue weighted by Gasteiger charge is -2.11. The second kappa shape index (κ2) is 7.16. The Bertz CT molecular complexity index is 1100. The average Bonchev–Trinajstić information content (AvgIpc) is 3.10. The van der Waals surface area contributed by atoms with E-state index in [1.165, 1.54) is 41.6 Å². The molecule has 0 aliphatic rings. The molecule has 0 aliphatic carbocycles. The first-order valence-electron chi connectivity index (χ1n) is 7.77. The van der Waals surface area contributed by atoms with E-state index in [-0.39, 0.29) is 16.9 Å². The number of rotatable bonds is 5. The summed E-state index contributed by atoms with van der Waals surface area (Å²) in [6, 6.07) is 8.76. The van der Waals surface area contributed by atoms with E-state index >= 15 is 0 Å². The predicted molar refractivity (Wildman–Crippen MR) is 98.9 cm³/mol. The minimum absolute atomic E-state index is 0.195. The summed E-state index contributed by atoms with van der Waals surface area (Å²) in [5, 5.41) is 6.43. The van der Waals surface area contributed by atoms with Gasteiger partial charge in [0.05, 0.1) is 11.9 Å². The van der Waals surface area contributed by atoms with Crippen LogP contribution in [-0.4, -0.2) is 35.3 Å². The number of nitrogens with one attached hydrogen (secondary N) is 2. The summed E-state index contributed by atoms with van der Waals surface area (Å²) < 4.78 is 40.7. The summed E-state index contributed by atoms with van der Waals surface area (Å²) in [6.45, 7) is 1.72. The van der Waals surface area contributed by atoms with Crippen LogP contribution in [-0.2, 0) is 10.0 Å². The SMILES string of the molecule is Cc1ccc(C(=O)Nc2ccc(-n3cncn3)c(F)c2)cc1NS(C)(=O)=O. The highest BCUT2D eigenvalue weighted by Crippen LogP contribution is 2.21. The van der Waals surface area contributed by atoms with Crippen LogP contribution in [0.3, 0.4) is 0 Å². The lowest BCUT2D eigenvalue weighted by atomic mass is 10.1. The smallest absolute Gasteiger partial charge is 0.255 e. The first kappa shape index (κ1) is 18.5. The first-order valence-corrected chi connectivity index (χ1v) is 9.66. The topological polar surface area (TPSA) is 106 Å². The Morgan fingerprint density at radius 1 is 1.19 bits per heavy atom. The highest BCUT2D eigenvalue weighted by Gasteiger charge is 2.13. The number of anilines is 2. The second-order valence-electron chi connectivity index (χ2n) is 5.86. The van der Waals surface area contributed by atoms with E-state index in [0.29, 0.717) is 11.3 Å². The third kappa shape index (κ3) is 4.47. The highest BCUT2D eigenvalue weighted by atomic mass is 32.2. The molecule has 0 bridgehead atoms. The van der Waals surface area contributed by atoms with Crippen molar-refractivity contribution in [3.05, 3.63) is 66.0 Å². The molecule has 3 aromatic rings. The Balaban J connectivity index is 1.81. The molecular weight excluding hydrogens is 373 g/mol. The molecule has 0 unspecified atom stereocenters. The maximum Gasteiger partial charge on any atom is 0.255 e. The van der Waals surface area contributed by atoms with Gasteiger partial charge in [-0.15, -0.1) is 0 Å². The van der Waals surface area contributed by atoms with Crippen LogP contribution in [0.1, 0.15) is 15.9 Å². The Labute approximate surface area is 155 Å². The second-order valence-corrected chi connectivity index (χ2v) is 7.61. The summed E-state index contributed by atoms with van der Waals surface area (Å²) in [6.07, 6.45) is 3.67. The number of hydrogen-bond acceptors (Lipinski definition) is 5. The third-order valence-electron chi connectivity index (χ3n) is 3.67. The molecular formula is C17H16FN5O3S. The number of sulfonamides is 1. The predicted octanol–water partition coefficient (Wildman–Crippen LogP) is 2.34. The van der Waals surface area contributed by atoms with Crippen molar-refractivity contribution in [2.24, 2.45) is 0 Å². The molecule has 10 heteroatoms. The molecule has 2 aromatic carbocycles. The number of carbonyl (C=O) groups excluding carboxylic acids is 1. The molecule has 2 N–H and O–H groups in total. The minimum atomic E-state index is -3.48. The lowest BCUT2D eigenvalue weighted by molar-refractivity contribution is 0.102. The number of nitrogens with zero attached hydrogens (tertiary/aromatic N) is 3. The van der Waals surface area contributed by atoms with Gasteiger partial charge < -0.3 is 5.32 Å². The Hall–Kier alpha value is -3.27. The van der Waals surface area contributed by atoms with Crippen LogP contribution in [0.15, 0.2) is 49.1 Å². The van der Waals surface area contributed by atoms with Gasteiger partial charge in [-0.2, -0.15) is 5.10 Å². The molecule has 1 amide bonds. The molecule has 8 nitrogen and oxygen atoms in total. The number of benzene rings is 2. The van der Waals surface area contributed by atoms with Crippen molar-refractivity contribution >= 4 is 27.3 Å². The van der Waals surface area contributed by atoms with Gasteiger partial charge >= 0.3 is 0 Å². The Kier molecular flexibility index (Phi) is 4.91. The van der Waals surface area contributed by atoms with Gasteiger partial charge in [0.25, 0.3) is 5.91 Å². The highest BCUT2D eigenvalue weighted by molar-refractivity contribution is 7.92. The summed E-state index contributed by atoms with van der Waals surface area (Å²) in [4.78, 5) is 16.2. The number of halogens is 1. The summed E-state index contributed by atoms with van der Waals surface area (Å²) in [5.74, 6) is -1.08. The molecule has 0 spiro atoms. The van der Waals surface area contributed by atoms with E-state index in [2.05, 4.69) is 20.1 Å². The summed E-state index contributed by atoms with van der Waals surface area (Å²) >= 11 is 0. The molecule has 0 radical (unpaired) electrons. The number of amides is 1. The van der Waals surface area contributed by atoms with Crippen LogP contribution >= 0.6 is 0 Å². The minimum Gasteiger partial charge on any atom is -0.322 e. The van der Waals surface area contributed by atoms with Crippen LogP contribution in [0.4, 0.5) is 15.8 Å². The number of aryl methyl sites for hydroxylation is 1. The van der Waals surface area contributed by atoms with E-state index in [4.69, 9.17) is 0 Å². The van der Waals surface area contributed by atoms with E-state index in [1.54, 1.807) is 19.1 Å². The Morgan fingerprint density at radius 3 is 2.59 bits per heavy atom. The quantitative estimate of drug-likeness (QED) is 0.697. The standard InChI is InChI=1S/C17H16FN5O3S/c1-11-3-4-12(7-15(11)22-27(2,25)26)17(24)21-13-5-6-16(14(18)8-13)23-10-19-9-20-23/h3-10,22H,1-2H3,(H,21,24).